The van der Waals surface area contributed by atoms with E-state index in [9.17, 15) is 9.18 Å². The summed E-state index contributed by atoms with van der Waals surface area (Å²) in [5.74, 6) is 0.907. The number of rotatable bonds is 6. The van der Waals surface area contributed by atoms with Gasteiger partial charge in [-0.05, 0) is 90.2 Å². The molecule has 34 heavy (non-hydrogen) atoms. The number of nitrogens with zero attached hydrogens (tertiary/aromatic N) is 4. The number of hydrogen-bond donors (Lipinski definition) is 0. The summed E-state index contributed by atoms with van der Waals surface area (Å²) in [7, 11) is 3.10. The van der Waals surface area contributed by atoms with Crippen LogP contribution in [0, 0.1) is 33.5 Å². The Kier molecular flexibility index (Phi) is 6.24. The number of ether oxygens (including phenoxy) is 2. The van der Waals surface area contributed by atoms with Crippen molar-refractivity contribution in [3.05, 3.63) is 86.6 Å². The minimum absolute atomic E-state index is 0.254. The van der Waals surface area contributed by atoms with E-state index >= 15 is 0 Å². The Morgan fingerprint density at radius 1 is 0.882 bits per heavy atom. The minimum atomic E-state index is -0.327. The molecule has 3 aromatic carbocycles. The van der Waals surface area contributed by atoms with Crippen molar-refractivity contribution in [2.45, 2.75) is 34.3 Å². The van der Waals surface area contributed by atoms with Crippen LogP contribution in [0.1, 0.15) is 27.8 Å². The molecule has 0 amide bonds. The Balaban J connectivity index is 1.68. The van der Waals surface area contributed by atoms with Crippen LogP contribution < -0.4 is 15.2 Å². The lowest BCUT2D eigenvalue weighted by Gasteiger charge is -2.18. The number of aryl methyl sites for hydroxylation is 5. The highest BCUT2D eigenvalue weighted by atomic mass is 19.1. The summed E-state index contributed by atoms with van der Waals surface area (Å²) in [6, 6.07) is 12.9. The number of halogens is 1. The van der Waals surface area contributed by atoms with E-state index in [1.165, 1.54) is 22.5 Å². The molecule has 0 radical (unpaired) electrons. The maximum Gasteiger partial charge on any atom is 0.368 e. The van der Waals surface area contributed by atoms with E-state index in [1.807, 2.05) is 51.1 Å². The average Bonchev–Trinajstić information content (AvgIpc) is 3.14. The molecule has 0 aliphatic heterocycles. The molecule has 7 nitrogen and oxygen atoms in total. The topological polar surface area (TPSA) is 71.2 Å². The van der Waals surface area contributed by atoms with E-state index in [1.54, 1.807) is 20.0 Å². The van der Waals surface area contributed by atoms with Gasteiger partial charge in [0.1, 0.15) is 23.9 Å². The van der Waals surface area contributed by atoms with E-state index in [0.717, 1.165) is 39.1 Å². The third-order valence-electron chi connectivity index (χ3n) is 6.00. The molecule has 8 heteroatoms. The predicted octanol–water partition coefficient (Wildman–Crippen LogP) is 4.59. The largest absolute Gasteiger partial charge is 0.496 e. The van der Waals surface area contributed by atoms with Crippen LogP contribution in [-0.2, 0) is 13.7 Å². The standard InChI is InChI=1S/C26H27FN4O3/c1-15-8-7-9-23(31-26(32)30(5)28-29-31)21(15)14-34-24-12-16(2)19(11-18(24)4)20-10-17(3)22(27)13-25(20)33-6/h7-13H,14H2,1-6H3. The second-order valence-electron chi connectivity index (χ2n) is 8.39. The highest BCUT2D eigenvalue weighted by Gasteiger charge is 2.17. The van der Waals surface area contributed by atoms with Gasteiger partial charge in [0, 0.05) is 24.2 Å². The fraction of sp³-hybridized carbons (Fsp3) is 0.269. The van der Waals surface area contributed by atoms with Crippen LogP contribution >= 0.6 is 0 Å². The lowest BCUT2D eigenvalue weighted by atomic mass is 9.95. The first kappa shape index (κ1) is 23.2. The zero-order valence-corrected chi connectivity index (χ0v) is 20.1. The van der Waals surface area contributed by atoms with Crippen LogP contribution in [0.5, 0.6) is 11.5 Å². The molecule has 0 fully saturated rings. The summed E-state index contributed by atoms with van der Waals surface area (Å²) >= 11 is 0. The van der Waals surface area contributed by atoms with Gasteiger partial charge in [-0.25, -0.2) is 9.18 Å². The van der Waals surface area contributed by atoms with Crippen LogP contribution in [0.2, 0.25) is 0 Å². The van der Waals surface area contributed by atoms with Crippen LogP contribution in [0.15, 0.2) is 47.3 Å². The molecule has 176 valence electrons. The van der Waals surface area contributed by atoms with Gasteiger partial charge < -0.3 is 9.47 Å². The Morgan fingerprint density at radius 3 is 2.29 bits per heavy atom. The van der Waals surface area contributed by atoms with E-state index in [2.05, 4.69) is 10.4 Å². The van der Waals surface area contributed by atoms with Gasteiger partial charge in [0.05, 0.1) is 12.8 Å². The molecule has 0 spiro atoms. The highest BCUT2D eigenvalue weighted by molar-refractivity contribution is 5.75. The summed E-state index contributed by atoms with van der Waals surface area (Å²) in [6.07, 6.45) is 0. The third kappa shape index (κ3) is 4.19. The molecule has 0 N–H and O–H groups in total. The quantitative estimate of drug-likeness (QED) is 0.419. The number of methoxy groups -OCH3 is 1. The summed E-state index contributed by atoms with van der Waals surface area (Å²) in [5.41, 5.74) is 6.37. The highest BCUT2D eigenvalue weighted by Crippen LogP contribution is 2.37. The van der Waals surface area contributed by atoms with Gasteiger partial charge in [-0.2, -0.15) is 9.36 Å². The summed E-state index contributed by atoms with van der Waals surface area (Å²) < 4.78 is 28.2. The first-order chi connectivity index (χ1) is 16.2. The molecule has 4 rings (SSSR count). The number of hydrogen-bond acceptors (Lipinski definition) is 5. The van der Waals surface area contributed by atoms with Crippen molar-refractivity contribution < 1.29 is 13.9 Å². The monoisotopic (exact) mass is 462 g/mol. The molecular formula is C26H27FN4O3. The van der Waals surface area contributed by atoms with Crippen molar-refractivity contribution in [1.29, 1.82) is 0 Å². The third-order valence-corrected chi connectivity index (χ3v) is 6.00. The molecule has 0 bridgehead atoms. The maximum absolute atomic E-state index is 14.1. The zero-order chi connectivity index (χ0) is 24.6. The minimum Gasteiger partial charge on any atom is -0.496 e. The first-order valence-electron chi connectivity index (χ1n) is 10.9. The average molecular weight is 463 g/mol. The lowest BCUT2D eigenvalue weighted by Crippen LogP contribution is -2.23. The van der Waals surface area contributed by atoms with Crippen LogP contribution in [0.3, 0.4) is 0 Å². The van der Waals surface area contributed by atoms with Gasteiger partial charge in [0.2, 0.25) is 0 Å². The molecule has 0 aliphatic carbocycles. The Hall–Kier alpha value is -3.94. The molecule has 0 atom stereocenters. The molecular weight excluding hydrogens is 435 g/mol. The smallest absolute Gasteiger partial charge is 0.368 e. The number of benzene rings is 3. The van der Waals surface area contributed by atoms with Crippen molar-refractivity contribution >= 4 is 0 Å². The van der Waals surface area contributed by atoms with Crippen LogP contribution in [0.25, 0.3) is 16.8 Å². The SMILES string of the molecule is COc1cc(F)c(C)cc1-c1cc(C)c(OCc2c(C)cccc2-n2nnn(C)c2=O)cc1C. The van der Waals surface area contributed by atoms with Gasteiger partial charge >= 0.3 is 5.69 Å². The molecule has 0 saturated heterocycles. The number of aromatic nitrogens is 4. The Labute approximate surface area is 197 Å². The van der Waals surface area contributed by atoms with Gasteiger partial charge in [-0.3, -0.25) is 0 Å². The second-order valence-corrected chi connectivity index (χ2v) is 8.39. The second kappa shape index (κ2) is 9.13. The van der Waals surface area contributed by atoms with E-state index in [4.69, 9.17) is 9.47 Å². The van der Waals surface area contributed by atoms with Crippen molar-refractivity contribution in [2.24, 2.45) is 7.05 Å². The van der Waals surface area contributed by atoms with Crippen molar-refractivity contribution in [1.82, 2.24) is 19.8 Å². The van der Waals surface area contributed by atoms with Crippen molar-refractivity contribution in [2.75, 3.05) is 7.11 Å². The van der Waals surface area contributed by atoms with Gasteiger partial charge in [0.15, 0.2) is 0 Å². The first-order valence-corrected chi connectivity index (χ1v) is 10.9. The van der Waals surface area contributed by atoms with E-state index < -0.39 is 0 Å². The predicted molar refractivity (Wildman–Crippen MR) is 128 cm³/mol. The van der Waals surface area contributed by atoms with Gasteiger partial charge in [-0.15, -0.1) is 0 Å². The number of tetrazole rings is 1. The molecule has 1 heterocycles. The molecule has 1 aromatic heterocycles. The maximum atomic E-state index is 14.1. The summed E-state index contributed by atoms with van der Waals surface area (Å²) in [6.45, 7) is 7.91. The zero-order valence-electron chi connectivity index (χ0n) is 20.1. The van der Waals surface area contributed by atoms with Crippen LogP contribution in [0.4, 0.5) is 4.39 Å². The Bertz CT molecular complexity index is 1440. The van der Waals surface area contributed by atoms with Gasteiger partial charge in [-0.1, -0.05) is 12.1 Å². The fourth-order valence-corrected chi connectivity index (χ4v) is 3.97. The van der Waals surface area contributed by atoms with Crippen LogP contribution in [-0.4, -0.2) is 26.9 Å². The normalized spacial score (nSPS) is 11.0. The summed E-state index contributed by atoms with van der Waals surface area (Å²) in [4.78, 5) is 12.4. The molecule has 4 aromatic rings. The molecule has 0 saturated carbocycles. The van der Waals surface area contributed by atoms with E-state index in [0.29, 0.717) is 17.0 Å². The van der Waals surface area contributed by atoms with E-state index in [-0.39, 0.29) is 18.1 Å². The Morgan fingerprint density at radius 2 is 1.62 bits per heavy atom. The lowest BCUT2D eigenvalue weighted by molar-refractivity contribution is 0.302. The molecule has 0 aliphatic rings. The van der Waals surface area contributed by atoms with Crippen molar-refractivity contribution in [3.8, 4) is 28.3 Å². The molecule has 0 unspecified atom stereocenters. The van der Waals surface area contributed by atoms with Gasteiger partial charge in [0.25, 0.3) is 0 Å². The fourth-order valence-electron chi connectivity index (χ4n) is 3.97. The summed E-state index contributed by atoms with van der Waals surface area (Å²) in [5, 5.41) is 7.79. The van der Waals surface area contributed by atoms with Crippen molar-refractivity contribution in [3.63, 3.8) is 0 Å².